The van der Waals surface area contributed by atoms with Crippen molar-refractivity contribution in [1.29, 1.82) is 0 Å². The summed E-state index contributed by atoms with van der Waals surface area (Å²) in [6.07, 6.45) is 0.398. The first kappa shape index (κ1) is 18.9. The van der Waals surface area contributed by atoms with Crippen LogP contribution < -0.4 is 19.8 Å². The molecule has 0 spiro atoms. The van der Waals surface area contributed by atoms with E-state index in [1.807, 2.05) is 37.3 Å². The summed E-state index contributed by atoms with van der Waals surface area (Å²) in [6.45, 7) is 2.20. The molecule has 1 aliphatic rings. The van der Waals surface area contributed by atoms with Crippen LogP contribution in [0.5, 0.6) is 17.2 Å². The summed E-state index contributed by atoms with van der Waals surface area (Å²) in [5.41, 5.74) is 2.73. The molecule has 0 fully saturated rings. The average molecular weight is 395 g/mol. The van der Waals surface area contributed by atoms with E-state index in [-0.39, 0.29) is 11.7 Å². The first-order chi connectivity index (χ1) is 14.1. The molecule has 7 nitrogen and oxygen atoms in total. The summed E-state index contributed by atoms with van der Waals surface area (Å²) >= 11 is 0. The molecule has 2 heterocycles. The molecule has 150 valence electrons. The van der Waals surface area contributed by atoms with E-state index in [1.165, 1.54) is 6.07 Å². The molecule has 0 N–H and O–H groups in total. The van der Waals surface area contributed by atoms with Crippen LogP contribution >= 0.6 is 0 Å². The lowest BCUT2D eigenvalue weighted by Gasteiger charge is -2.11. The van der Waals surface area contributed by atoms with Crippen LogP contribution in [-0.4, -0.2) is 32.6 Å². The first-order valence-corrected chi connectivity index (χ1v) is 9.20. The molecule has 3 aromatic rings. The number of rotatable bonds is 6. The molecule has 0 amide bonds. The highest BCUT2D eigenvalue weighted by molar-refractivity contribution is 6.01. The minimum absolute atomic E-state index is 0.210. The molecule has 7 heteroatoms. The quantitative estimate of drug-likeness (QED) is 0.592. The lowest BCUT2D eigenvalue weighted by Crippen LogP contribution is -2.18. The van der Waals surface area contributed by atoms with Gasteiger partial charge in [0.05, 0.1) is 19.9 Å². The van der Waals surface area contributed by atoms with Crippen molar-refractivity contribution in [1.82, 2.24) is 0 Å². The number of fused-ring (bicyclic) bond motifs is 1. The monoisotopic (exact) mass is 395 g/mol. The van der Waals surface area contributed by atoms with Gasteiger partial charge in [-0.1, -0.05) is 5.16 Å². The number of benzene rings is 2. The third-order valence-corrected chi connectivity index (χ3v) is 4.81. The maximum atomic E-state index is 11.6. The summed E-state index contributed by atoms with van der Waals surface area (Å²) in [6, 6.07) is 12.5. The molecule has 0 aliphatic carbocycles. The van der Waals surface area contributed by atoms with E-state index < -0.39 is 0 Å². The number of oxime groups is 1. The summed E-state index contributed by atoms with van der Waals surface area (Å²) in [5, 5.41) is 5.07. The third kappa shape index (κ3) is 3.89. The summed E-state index contributed by atoms with van der Waals surface area (Å²) in [4.78, 5) is 17.1. The molecule has 29 heavy (non-hydrogen) atoms. The highest BCUT2D eigenvalue weighted by Gasteiger charge is 2.24. The molecule has 0 bridgehead atoms. The Morgan fingerprint density at radius 2 is 1.90 bits per heavy atom. The van der Waals surface area contributed by atoms with Crippen molar-refractivity contribution in [2.45, 2.75) is 19.4 Å². The van der Waals surface area contributed by atoms with Gasteiger partial charge < -0.3 is 23.5 Å². The SMILES string of the molecule is COc1ccc(C2=NOC(COc3ccc4c(C)cc(=O)oc4c3)C2)cc1OC. The van der Waals surface area contributed by atoms with Crippen molar-refractivity contribution in [3.63, 3.8) is 0 Å². The molecule has 1 aliphatic heterocycles. The molecule has 1 atom stereocenters. The second-order valence-electron chi connectivity index (χ2n) is 6.76. The lowest BCUT2D eigenvalue weighted by molar-refractivity contribution is 0.0471. The Kier molecular flexibility index (Phi) is 5.12. The van der Waals surface area contributed by atoms with Crippen LogP contribution in [0.1, 0.15) is 17.5 Å². The molecule has 0 saturated carbocycles. The van der Waals surface area contributed by atoms with Crippen molar-refractivity contribution in [3.8, 4) is 17.2 Å². The van der Waals surface area contributed by atoms with Crippen LogP contribution in [0, 0.1) is 6.92 Å². The van der Waals surface area contributed by atoms with Crippen molar-refractivity contribution in [2.24, 2.45) is 5.16 Å². The number of hydrogen-bond donors (Lipinski definition) is 0. The van der Waals surface area contributed by atoms with E-state index in [1.54, 1.807) is 20.3 Å². The maximum absolute atomic E-state index is 11.6. The van der Waals surface area contributed by atoms with Gasteiger partial charge in [-0.15, -0.1) is 0 Å². The smallest absolute Gasteiger partial charge is 0.336 e. The van der Waals surface area contributed by atoms with Gasteiger partial charge in [0.15, 0.2) is 17.6 Å². The van der Waals surface area contributed by atoms with Crippen molar-refractivity contribution >= 4 is 16.7 Å². The molecule has 2 aromatic carbocycles. The van der Waals surface area contributed by atoms with Gasteiger partial charge >= 0.3 is 5.63 Å². The number of nitrogens with zero attached hydrogens (tertiary/aromatic N) is 1. The van der Waals surface area contributed by atoms with E-state index in [2.05, 4.69) is 5.16 Å². The zero-order chi connectivity index (χ0) is 20.4. The Balaban J connectivity index is 1.41. The van der Waals surface area contributed by atoms with Crippen molar-refractivity contribution in [3.05, 3.63) is 64.0 Å². The minimum Gasteiger partial charge on any atom is -0.493 e. The summed E-state index contributed by atoms with van der Waals surface area (Å²) in [5.74, 6) is 1.91. The summed E-state index contributed by atoms with van der Waals surface area (Å²) < 4.78 is 21.7. The van der Waals surface area contributed by atoms with Crippen LogP contribution in [-0.2, 0) is 4.84 Å². The first-order valence-electron chi connectivity index (χ1n) is 9.20. The van der Waals surface area contributed by atoms with Crippen molar-refractivity contribution < 1.29 is 23.5 Å². The molecular weight excluding hydrogens is 374 g/mol. The van der Waals surface area contributed by atoms with E-state index in [0.29, 0.717) is 35.9 Å². The second-order valence-corrected chi connectivity index (χ2v) is 6.76. The van der Waals surface area contributed by atoms with Gasteiger partial charge in [0.25, 0.3) is 0 Å². The number of ether oxygens (including phenoxy) is 3. The minimum atomic E-state index is -0.376. The Labute approximate surface area is 167 Å². The Bertz CT molecular complexity index is 1130. The highest BCUT2D eigenvalue weighted by Crippen LogP contribution is 2.30. The molecule has 0 radical (unpaired) electrons. The van der Waals surface area contributed by atoms with Crippen LogP contribution in [0.4, 0.5) is 0 Å². The molecule has 0 saturated heterocycles. The van der Waals surface area contributed by atoms with Crippen LogP contribution in [0.3, 0.4) is 0 Å². The summed E-state index contributed by atoms with van der Waals surface area (Å²) in [7, 11) is 3.19. The number of aryl methyl sites for hydroxylation is 1. The largest absolute Gasteiger partial charge is 0.493 e. The standard InChI is InChI=1S/C22H21NO6/c1-13-8-22(24)28-20-11-15(5-6-17(13)20)27-12-16-10-18(23-29-16)14-4-7-19(25-2)21(9-14)26-3/h4-9,11,16H,10,12H2,1-3H3. The Morgan fingerprint density at radius 3 is 2.69 bits per heavy atom. The van der Waals surface area contributed by atoms with Crippen LogP contribution in [0.25, 0.3) is 11.0 Å². The average Bonchev–Trinajstić information content (AvgIpc) is 3.20. The van der Waals surface area contributed by atoms with Crippen LogP contribution in [0.15, 0.2) is 56.8 Å². The Morgan fingerprint density at radius 1 is 1.07 bits per heavy atom. The molecule has 4 rings (SSSR count). The predicted molar refractivity (Wildman–Crippen MR) is 108 cm³/mol. The molecular formula is C22H21NO6. The maximum Gasteiger partial charge on any atom is 0.336 e. The fourth-order valence-corrected chi connectivity index (χ4v) is 3.29. The van der Waals surface area contributed by atoms with Crippen LogP contribution in [0.2, 0.25) is 0 Å². The second kappa shape index (κ2) is 7.87. The number of methoxy groups -OCH3 is 2. The van der Waals surface area contributed by atoms with E-state index in [9.17, 15) is 4.79 Å². The van der Waals surface area contributed by atoms with Gasteiger partial charge in [-0.05, 0) is 42.8 Å². The van der Waals surface area contributed by atoms with Gasteiger partial charge in [0.2, 0.25) is 0 Å². The third-order valence-electron chi connectivity index (χ3n) is 4.81. The normalized spacial score (nSPS) is 15.7. The fraction of sp³-hybridized carbons (Fsp3) is 0.273. The van der Waals surface area contributed by atoms with Gasteiger partial charge in [-0.2, -0.15) is 0 Å². The zero-order valence-corrected chi connectivity index (χ0v) is 16.4. The molecule has 1 unspecified atom stereocenters. The Hall–Kier alpha value is -3.48. The van der Waals surface area contributed by atoms with Gasteiger partial charge in [0, 0.05) is 29.5 Å². The van der Waals surface area contributed by atoms with Gasteiger partial charge in [0.1, 0.15) is 17.9 Å². The van der Waals surface area contributed by atoms with Gasteiger partial charge in [-0.25, -0.2) is 4.79 Å². The predicted octanol–water partition coefficient (Wildman–Crippen LogP) is 3.69. The van der Waals surface area contributed by atoms with Crippen molar-refractivity contribution in [2.75, 3.05) is 20.8 Å². The number of hydrogen-bond acceptors (Lipinski definition) is 7. The van der Waals surface area contributed by atoms with E-state index >= 15 is 0 Å². The van der Waals surface area contributed by atoms with E-state index in [4.69, 9.17) is 23.5 Å². The molecule has 1 aromatic heterocycles. The topological polar surface area (TPSA) is 79.5 Å². The van der Waals surface area contributed by atoms with E-state index in [0.717, 1.165) is 22.2 Å². The van der Waals surface area contributed by atoms with Gasteiger partial charge in [-0.3, -0.25) is 0 Å². The zero-order valence-electron chi connectivity index (χ0n) is 16.4. The lowest BCUT2D eigenvalue weighted by atomic mass is 10.0. The highest BCUT2D eigenvalue weighted by atomic mass is 16.7. The fourth-order valence-electron chi connectivity index (χ4n) is 3.29.